The average molecular weight is 355 g/mol. The molecule has 138 valence electrons. The molecule has 2 amide bonds. The first-order valence-corrected chi connectivity index (χ1v) is 8.81. The van der Waals surface area contributed by atoms with E-state index in [1.165, 1.54) is 0 Å². The highest BCUT2D eigenvalue weighted by Crippen LogP contribution is 2.24. The first-order chi connectivity index (χ1) is 12.5. The van der Waals surface area contributed by atoms with Crippen LogP contribution >= 0.6 is 0 Å². The lowest BCUT2D eigenvalue weighted by molar-refractivity contribution is 0.103. The van der Waals surface area contributed by atoms with Crippen molar-refractivity contribution in [3.05, 3.63) is 42.2 Å². The van der Waals surface area contributed by atoms with Gasteiger partial charge in [-0.2, -0.15) is 0 Å². The minimum Gasteiger partial charge on any atom is -0.470 e. The molecule has 1 saturated heterocycles. The first kappa shape index (κ1) is 18.0. The number of hydrogen-bond donors (Lipinski definition) is 1. The number of para-hydroxylation sites is 1. The molecule has 1 aromatic heterocycles. The van der Waals surface area contributed by atoms with Gasteiger partial charge in [0.25, 0.3) is 5.88 Å². The van der Waals surface area contributed by atoms with Crippen LogP contribution in [0, 0.1) is 6.92 Å². The van der Waals surface area contributed by atoms with Crippen LogP contribution in [0.5, 0.6) is 5.88 Å². The van der Waals surface area contributed by atoms with E-state index in [2.05, 4.69) is 15.3 Å². The van der Waals surface area contributed by atoms with E-state index in [1.807, 2.05) is 50.2 Å². The van der Waals surface area contributed by atoms with Crippen LogP contribution in [-0.2, 0) is 0 Å². The summed E-state index contributed by atoms with van der Waals surface area (Å²) in [6.45, 7) is 3.23. The van der Waals surface area contributed by atoms with Crippen molar-refractivity contribution in [1.29, 1.82) is 0 Å². The smallest absolute Gasteiger partial charge is 0.321 e. The van der Waals surface area contributed by atoms with E-state index in [1.54, 1.807) is 17.3 Å². The highest BCUT2D eigenvalue weighted by molar-refractivity contribution is 5.90. The summed E-state index contributed by atoms with van der Waals surface area (Å²) in [6, 6.07) is 7.67. The van der Waals surface area contributed by atoms with E-state index >= 15 is 0 Å². The summed E-state index contributed by atoms with van der Waals surface area (Å²) >= 11 is 0. The lowest BCUT2D eigenvalue weighted by Crippen LogP contribution is -2.46. The Morgan fingerprint density at radius 3 is 2.81 bits per heavy atom. The van der Waals surface area contributed by atoms with E-state index in [-0.39, 0.29) is 12.1 Å². The Balaban J connectivity index is 1.64. The zero-order valence-corrected chi connectivity index (χ0v) is 15.5. The second-order valence-electron chi connectivity index (χ2n) is 6.65. The summed E-state index contributed by atoms with van der Waals surface area (Å²) in [5, 5.41) is 2.99. The minimum absolute atomic E-state index is 0.0956. The maximum absolute atomic E-state index is 12.6. The third-order valence-corrected chi connectivity index (χ3v) is 4.40. The lowest BCUT2D eigenvalue weighted by atomic mass is 10.1. The number of amides is 2. The molecule has 1 aromatic carbocycles. The maximum Gasteiger partial charge on any atom is 0.321 e. The number of piperidine rings is 1. The topological polar surface area (TPSA) is 70.6 Å². The van der Waals surface area contributed by atoms with Gasteiger partial charge in [0, 0.05) is 38.7 Å². The van der Waals surface area contributed by atoms with Gasteiger partial charge in [0.1, 0.15) is 6.10 Å². The molecule has 1 atom stereocenters. The summed E-state index contributed by atoms with van der Waals surface area (Å²) in [6.07, 6.45) is 4.95. The number of carbonyl (C=O) groups is 1. The second kappa shape index (κ2) is 8.03. The molecule has 1 N–H and O–H groups in total. The van der Waals surface area contributed by atoms with Crippen LogP contribution in [0.25, 0.3) is 0 Å². The molecule has 1 aliphatic heterocycles. The van der Waals surface area contributed by atoms with E-state index < -0.39 is 0 Å². The van der Waals surface area contributed by atoms with Crippen molar-refractivity contribution < 1.29 is 9.53 Å². The van der Waals surface area contributed by atoms with Crippen LogP contribution in [0.2, 0.25) is 0 Å². The molecule has 0 radical (unpaired) electrons. The SMILES string of the molecule is Cc1ccccc1NC(=O)N1CCCC(Oc2nccnc2N(C)C)C1. The number of carbonyl (C=O) groups excluding carboxylic acids is 1. The molecular formula is C19H25N5O2. The number of benzene rings is 1. The number of anilines is 2. The summed E-state index contributed by atoms with van der Waals surface area (Å²) < 4.78 is 6.07. The molecule has 0 spiro atoms. The number of nitrogens with zero attached hydrogens (tertiary/aromatic N) is 4. The van der Waals surface area contributed by atoms with Crippen LogP contribution in [-0.4, -0.2) is 54.2 Å². The van der Waals surface area contributed by atoms with Gasteiger partial charge in [-0.05, 0) is 31.4 Å². The van der Waals surface area contributed by atoms with Crippen molar-refractivity contribution in [3.63, 3.8) is 0 Å². The number of hydrogen-bond acceptors (Lipinski definition) is 5. The predicted molar refractivity (Wildman–Crippen MR) is 102 cm³/mol. The van der Waals surface area contributed by atoms with E-state index in [4.69, 9.17) is 4.74 Å². The quantitative estimate of drug-likeness (QED) is 0.913. The predicted octanol–water partition coefficient (Wildman–Crippen LogP) is 2.93. The zero-order chi connectivity index (χ0) is 18.5. The average Bonchev–Trinajstić information content (AvgIpc) is 2.64. The summed E-state index contributed by atoms with van der Waals surface area (Å²) in [4.78, 5) is 24.9. The summed E-state index contributed by atoms with van der Waals surface area (Å²) in [7, 11) is 3.80. The molecule has 3 rings (SSSR count). The number of urea groups is 1. The van der Waals surface area contributed by atoms with Gasteiger partial charge >= 0.3 is 6.03 Å². The van der Waals surface area contributed by atoms with Gasteiger partial charge in [0.2, 0.25) is 0 Å². The van der Waals surface area contributed by atoms with Crippen molar-refractivity contribution in [1.82, 2.24) is 14.9 Å². The van der Waals surface area contributed by atoms with E-state index in [9.17, 15) is 4.79 Å². The maximum atomic E-state index is 12.6. The molecule has 1 aliphatic rings. The molecule has 2 aromatic rings. The number of nitrogens with one attached hydrogen (secondary N) is 1. The molecule has 7 heteroatoms. The van der Waals surface area contributed by atoms with Gasteiger partial charge in [-0.1, -0.05) is 18.2 Å². The third-order valence-electron chi connectivity index (χ3n) is 4.40. The summed E-state index contributed by atoms with van der Waals surface area (Å²) in [5.41, 5.74) is 1.88. The van der Waals surface area contributed by atoms with E-state index in [0.29, 0.717) is 18.2 Å². The Morgan fingerprint density at radius 1 is 1.27 bits per heavy atom. The van der Waals surface area contributed by atoms with Crippen LogP contribution in [0.4, 0.5) is 16.3 Å². The Labute approximate surface area is 154 Å². The fourth-order valence-corrected chi connectivity index (χ4v) is 2.99. The Bertz CT molecular complexity index is 765. The molecule has 26 heavy (non-hydrogen) atoms. The number of aromatic nitrogens is 2. The molecule has 2 heterocycles. The van der Waals surface area contributed by atoms with Crippen molar-refractivity contribution in [3.8, 4) is 5.88 Å². The normalized spacial score (nSPS) is 16.9. The number of likely N-dealkylation sites (tertiary alicyclic amines) is 1. The van der Waals surface area contributed by atoms with Crippen LogP contribution in [0.1, 0.15) is 18.4 Å². The van der Waals surface area contributed by atoms with Crippen molar-refractivity contribution in [2.24, 2.45) is 0 Å². The Kier molecular flexibility index (Phi) is 5.55. The Hall–Kier alpha value is -2.83. The summed E-state index contributed by atoms with van der Waals surface area (Å²) in [5.74, 6) is 1.19. The number of ether oxygens (including phenoxy) is 1. The van der Waals surface area contributed by atoms with Crippen LogP contribution < -0.4 is 15.0 Å². The standard InChI is InChI=1S/C19H25N5O2/c1-14-7-4-5-9-16(14)22-19(25)24-12-6-8-15(13-24)26-18-17(23(2)3)20-10-11-21-18/h4-5,7,9-11,15H,6,8,12-13H2,1-3H3,(H,22,25). The molecule has 0 bridgehead atoms. The molecule has 0 saturated carbocycles. The molecular weight excluding hydrogens is 330 g/mol. The van der Waals surface area contributed by atoms with Crippen LogP contribution in [0.3, 0.4) is 0 Å². The monoisotopic (exact) mass is 355 g/mol. The van der Waals surface area contributed by atoms with E-state index in [0.717, 1.165) is 30.6 Å². The third kappa shape index (κ3) is 4.22. The minimum atomic E-state index is -0.0976. The Morgan fingerprint density at radius 2 is 2.04 bits per heavy atom. The van der Waals surface area contributed by atoms with Gasteiger partial charge in [-0.3, -0.25) is 0 Å². The van der Waals surface area contributed by atoms with Gasteiger partial charge in [0.15, 0.2) is 5.82 Å². The fourth-order valence-electron chi connectivity index (χ4n) is 2.99. The number of aryl methyl sites for hydroxylation is 1. The second-order valence-corrected chi connectivity index (χ2v) is 6.65. The van der Waals surface area contributed by atoms with Crippen molar-refractivity contribution in [2.45, 2.75) is 25.9 Å². The van der Waals surface area contributed by atoms with Gasteiger partial charge in [0.05, 0.1) is 6.54 Å². The lowest BCUT2D eigenvalue weighted by Gasteiger charge is -2.33. The molecule has 0 aliphatic carbocycles. The van der Waals surface area contributed by atoms with Gasteiger partial charge < -0.3 is 19.9 Å². The highest BCUT2D eigenvalue weighted by Gasteiger charge is 2.26. The highest BCUT2D eigenvalue weighted by atomic mass is 16.5. The molecule has 1 unspecified atom stereocenters. The van der Waals surface area contributed by atoms with Crippen molar-refractivity contribution >= 4 is 17.5 Å². The van der Waals surface area contributed by atoms with Gasteiger partial charge in [-0.25, -0.2) is 14.8 Å². The van der Waals surface area contributed by atoms with Crippen LogP contribution in [0.15, 0.2) is 36.7 Å². The zero-order valence-electron chi connectivity index (χ0n) is 15.5. The fraction of sp³-hybridized carbons (Fsp3) is 0.421. The van der Waals surface area contributed by atoms with Crippen molar-refractivity contribution in [2.75, 3.05) is 37.4 Å². The molecule has 1 fully saturated rings. The largest absolute Gasteiger partial charge is 0.470 e. The first-order valence-electron chi connectivity index (χ1n) is 8.81. The number of rotatable bonds is 4. The molecule has 7 nitrogen and oxygen atoms in total. The van der Waals surface area contributed by atoms with Gasteiger partial charge in [-0.15, -0.1) is 0 Å².